The molecule has 0 aromatic carbocycles. The monoisotopic (exact) mass is 278 g/mol. The van der Waals surface area contributed by atoms with E-state index in [1.165, 1.54) is 19.3 Å². The van der Waals surface area contributed by atoms with Crippen LogP contribution in [0.5, 0.6) is 0 Å². The Hall–Kier alpha value is -1.06. The molecule has 0 radical (unpaired) electrons. The summed E-state index contributed by atoms with van der Waals surface area (Å²) in [5.41, 5.74) is 0.0250. The lowest BCUT2D eigenvalue weighted by Crippen LogP contribution is -2.66. The highest BCUT2D eigenvalue weighted by molar-refractivity contribution is 6.02. The summed E-state index contributed by atoms with van der Waals surface area (Å²) in [7, 11) is 0. The third-order valence-electron chi connectivity index (χ3n) is 4.59. The Labute approximate surface area is 121 Å². The van der Waals surface area contributed by atoms with Crippen LogP contribution in [-0.2, 0) is 4.74 Å². The minimum Gasteiger partial charge on any atom is -0.443 e. The third-order valence-corrected chi connectivity index (χ3v) is 4.59. The standard InChI is InChI=1S/C16H26N2O2/c1-13(2,3)20-12(19)18-10-14(4,5)17-11(18)16-7-15(6,8-16)9-16/h7-10H2,1-6H3. The van der Waals surface area contributed by atoms with Gasteiger partial charge in [0, 0.05) is 5.41 Å². The van der Waals surface area contributed by atoms with Gasteiger partial charge in [0.15, 0.2) is 0 Å². The number of nitrogens with zero attached hydrogens (tertiary/aromatic N) is 2. The summed E-state index contributed by atoms with van der Waals surface area (Å²) in [5, 5.41) is 0. The van der Waals surface area contributed by atoms with Gasteiger partial charge in [-0.1, -0.05) is 6.92 Å². The van der Waals surface area contributed by atoms with Gasteiger partial charge < -0.3 is 4.74 Å². The third kappa shape index (κ3) is 2.04. The maximum absolute atomic E-state index is 12.5. The second kappa shape index (κ2) is 3.58. The van der Waals surface area contributed by atoms with E-state index in [2.05, 4.69) is 20.8 Å². The van der Waals surface area contributed by atoms with Gasteiger partial charge in [-0.2, -0.15) is 0 Å². The van der Waals surface area contributed by atoms with Gasteiger partial charge in [0.05, 0.1) is 12.1 Å². The Morgan fingerprint density at radius 3 is 2.20 bits per heavy atom. The van der Waals surface area contributed by atoms with E-state index in [0.29, 0.717) is 12.0 Å². The van der Waals surface area contributed by atoms with Gasteiger partial charge in [0.25, 0.3) is 0 Å². The van der Waals surface area contributed by atoms with Crippen molar-refractivity contribution in [3.05, 3.63) is 0 Å². The van der Waals surface area contributed by atoms with E-state index in [1.54, 1.807) is 4.90 Å². The number of amidine groups is 1. The van der Waals surface area contributed by atoms with E-state index in [-0.39, 0.29) is 17.0 Å². The van der Waals surface area contributed by atoms with Crippen molar-refractivity contribution in [1.82, 2.24) is 4.90 Å². The molecule has 0 N–H and O–H groups in total. The van der Waals surface area contributed by atoms with Gasteiger partial charge in [0.2, 0.25) is 0 Å². The first-order valence-electron chi connectivity index (χ1n) is 7.55. The molecule has 0 unspecified atom stereocenters. The van der Waals surface area contributed by atoms with Crippen molar-refractivity contribution in [1.29, 1.82) is 0 Å². The van der Waals surface area contributed by atoms with Crippen LogP contribution in [0.25, 0.3) is 0 Å². The summed E-state index contributed by atoms with van der Waals surface area (Å²) in [6, 6.07) is 0. The molecule has 1 amide bonds. The molecule has 2 bridgehead atoms. The number of rotatable bonds is 1. The largest absolute Gasteiger partial charge is 0.443 e. The first-order valence-corrected chi connectivity index (χ1v) is 7.55. The summed E-state index contributed by atoms with van der Waals surface area (Å²) in [4.78, 5) is 19.1. The van der Waals surface area contributed by atoms with Crippen molar-refractivity contribution in [2.75, 3.05) is 6.54 Å². The number of hydrogen-bond donors (Lipinski definition) is 0. The molecule has 4 aliphatic rings. The summed E-state index contributed by atoms with van der Waals surface area (Å²) in [6.07, 6.45) is 3.29. The second-order valence-electron chi connectivity index (χ2n) is 8.94. The minimum atomic E-state index is -0.458. The number of carbonyl (C=O) groups is 1. The average Bonchev–Trinajstić information content (AvgIpc) is 2.45. The predicted molar refractivity (Wildman–Crippen MR) is 78.8 cm³/mol. The zero-order valence-corrected chi connectivity index (χ0v) is 13.5. The predicted octanol–water partition coefficient (Wildman–Crippen LogP) is 3.60. The van der Waals surface area contributed by atoms with Crippen molar-refractivity contribution in [2.24, 2.45) is 15.8 Å². The fraction of sp³-hybridized carbons (Fsp3) is 0.875. The molecule has 1 heterocycles. The second-order valence-corrected chi connectivity index (χ2v) is 8.94. The number of ether oxygens (including phenoxy) is 1. The lowest BCUT2D eigenvalue weighted by atomic mass is 9.35. The molecule has 0 saturated heterocycles. The summed E-state index contributed by atoms with van der Waals surface area (Å²) in [6.45, 7) is 12.9. The van der Waals surface area contributed by atoms with Gasteiger partial charge in [-0.15, -0.1) is 0 Å². The van der Waals surface area contributed by atoms with Crippen molar-refractivity contribution in [3.8, 4) is 0 Å². The fourth-order valence-corrected chi connectivity index (χ4v) is 4.25. The molecule has 20 heavy (non-hydrogen) atoms. The average molecular weight is 278 g/mol. The van der Waals surface area contributed by atoms with Crippen LogP contribution < -0.4 is 0 Å². The van der Waals surface area contributed by atoms with E-state index in [0.717, 1.165) is 5.84 Å². The fourth-order valence-electron chi connectivity index (χ4n) is 4.25. The van der Waals surface area contributed by atoms with Crippen molar-refractivity contribution < 1.29 is 9.53 Å². The van der Waals surface area contributed by atoms with Gasteiger partial charge in [-0.25, -0.2) is 4.79 Å². The van der Waals surface area contributed by atoms with Crippen LogP contribution in [0, 0.1) is 10.8 Å². The first-order chi connectivity index (χ1) is 8.94. The normalized spacial score (nSPS) is 37.9. The van der Waals surface area contributed by atoms with Crippen LogP contribution in [0.15, 0.2) is 4.99 Å². The zero-order valence-electron chi connectivity index (χ0n) is 13.5. The molecular weight excluding hydrogens is 252 g/mol. The Morgan fingerprint density at radius 2 is 1.75 bits per heavy atom. The highest BCUT2D eigenvalue weighted by Gasteiger charge is 2.69. The molecule has 3 aliphatic carbocycles. The van der Waals surface area contributed by atoms with Crippen molar-refractivity contribution >= 4 is 11.9 Å². The molecule has 3 saturated carbocycles. The van der Waals surface area contributed by atoms with Gasteiger partial charge in [-0.3, -0.25) is 9.89 Å². The zero-order chi connectivity index (χ0) is 15.0. The Kier molecular flexibility index (Phi) is 2.49. The molecule has 0 spiro atoms. The number of carbonyl (C=O) groups excluding carboxylic acids is 1. The number of amides is 1. The van der Waals surface area contributed by atoms with Crippen molar-refractivity contribution in [3.63, 3.8) is 0 Å². The minimum absolute atomic E-state index is 0.166. The Balaban J connectivity index is 1.81. The topological polar surface area (TPSA) is 41.9 Å². The molecular formula is C16H26N2O2. The molecule has 4 heteroatoms. The lowest BCUT2D eigenvalue weighted by molar-refractivity contribution is -0.143. The molecule has 3 fully saturated rings. The quantitative estimate of drug-likeness (QED) is 0.735. The molecule has 4 rings (SSSR count). The van der Waals surface area contributed by atoms with Gasteiger partial charge >= 0.3 is 6.09 Å². The van der Waals surface area contributed by atoms with Crippen LogP contribution in [0.2, 0.25) is 0 Å². The van der Waals surface area contributed by atoms with Crippen LogP contribution in [0.4, 0.5) is 4.79 Å². The molecule has 1 aliphatic heterocycles. The lowest BCUT2D eigenvalue weighted by Gasteiger charge is -2.69. The number of hydrogen-bond acceptors (Lipinski definition) is 3. The number of aliphatic imine (C=N–C) groups is 1. The highest BCUT2D eigenvalue weighted by Crippen LogP contribution is 2.74. The molecule has 0 aromatic heterocycles. The molecule has 0 atom stereocenters. The molecule has 0 aromatic rings. The maximum Gasteiger partial charge on any atom is 0.415 e. The van der Waals surface area contributed by atoms with Crippen LogP contribution in [-0.4, -0.2) is 34.5 Å². The molecule has 112 valence electrons. The SMILES string of the molecule is CC12CC(C3=NC(C)(C)CN3C(=O)OC(C)(C)C)(C1)C2. The van der Waals surface area contributed by atoms with E-state index in [9.17, 15) is 4.79 Å². The van der Waals surface area contributed by atoms with Crippen molar-refractivity contribution in [2.45, 2.75) is 71.9 Å². The Morgan fingerprint density at radius 1 is 1.20 bits per heavy atom. The van der Waals surface area contributed by atoms with E-state index >= 15 is 0 Å². The summed E-state index contributed by atoms with van der Waals surface area (Å²) in [5.74, 6) is 0.987. The maximum atomic E-state index is 12.5. The van der Waals surface area contributed by atoms with Crippen LogP contribution in [0.3, 0.4) is 0 Å². The van der Waals surface area contributed by atoms with Gasteiger partial charge in [0.1, 0.15) is 11.4 Å². The van der Waals surface area contributed by atoms with E-state index < -0.39 is 5.60 Å². The highest BCUT2D eigenvalue weighted by atomic mass is 16.6. The Bertz CT molecular complexity index is 479. The summed E-state index contributed by atoms with van der Waals surface area (Å²) >= 11 is 0. The van der Waals surface area contributed by atoms with E-state index in [4.69, 9.17) is 9.73 Å². The first kappa shape index (κ1) is 13.9. The van der Waals surface area contributed by atoms with Gasteiger partial charge in [-0.05, 0) is 59.3 Å². The smallest absolute Gasteiger partial charge is 0.415 e. The molecule has 4 nitrogen and oxygen atoms in total. The summed E-state index contributed by atoms with van der Waals surface area (Å²) < 4.78 is 5.56. The van der Waals surface area contributed by atoms with E-state index in [1.807, 2.05) is 20.8 Å². The van der Waals surface area contributed by atoms with Crippen LogP contribution >= 0.6 is 0 Å². The van der Waals surface area contributed by atoms with Crippen LogP contribution in [0.1, 0.15) is 60.8 Å².